The lowest BCUT2D eigenvalue weighted by molar-refractivity contribution is -0.134. The highest BCUT2D eigenvalue weighted by Crippen LogP contribution is 2.33. The maximum Gasteiger partial charge on any atom is 0.274 e. The molecule has 3 saturated heterocycles. The second-order valence-corrected chi connectivity index (χ2v) is 18.3. The SMILES string of the molecule is O=C1CCC(Nc2ccc(N3CCN(C(=O)CCCCCCCCC(=O)N4CCN(C(=O)c5cc(NC(=O)c6cc(-c7ccccn7)c(Cl)cc6Cl)n(-c6ccccc6)n5)CC4)CC3)cc2)C(=O)N1. The van der Waals surface area contributed by atoms with Gasteiger partial charge in [0.05, 0.1) is 27.0 Å². The topological polar surface area (TPSA) is 182 Å². The predicted octanol–water partition coefficient (Wildman–Crippen LogP) is 7.46. The maximum absolute atomic E-state index is 13.8. The molecule has 3 fully saturated rings. The van der Waals surface area contributed by atoms with Crippen LogP contribution < -0.4 is 20.9 Å². The standard InChI is InChI=1S/C51H56Cl2N10O6/c52-40-33-41(53)39(32-38(40)42-14-10-11-23-54-42)49(67)56-45-34-44(58-63(45)37-12-6-5-7-13-37)51(69)62-30-28-61(29-31-62)48(66)16-9-4-2-1-3-8-15-47(65)60-26-24-59(25-27-60)36-19-17-35(18-20-36)55-43-21-22-46(64)57-50(43)68/h5-7,10-14,17-20,23,32-34,43,55H,1-4,8-9,15-16,21-22,24-31H2,(H,56,67)(H,57,64,68). The van der Waals surface area contributed by atoms with Crippen LogP contribution in [0.3, 0.4) is 0 Å². The molecular formula is C51H56Cl2N10O6. The first-order valence-electron chi connectivity index (χ1n) is 23.7. The van der Waals surface area contributed by atoms with Crippen molar-refractivity contribution in [2.45, 2.75) is 70.3 Å². The molecule has 360 valence electrons. The molecule has 6 amide bonds. The van der Waals surface area contributed by atoms with Crippen LogP contribution in [0.25, 0.3) is 16.9 Å². The molecule has 5 aromatic rings. The van der Waals surface area contributed by atoms with E-state index in [2.05, 4.69) is 30.9 Å². The molecule has 0 radical (unpaired) electrons. The molecule has 18 heteroatoms. The molecule has 3 aliphatic rings. The molecule has 0 spiro atoms. The second kappa shape index (κ2) is 23.0. The van der Waals surface area contributed by atoms with Crippen LogP contribution in [0.15, 0.2) is 97.2 Å². The van der Waals surface area contributed by atoms with Gasteiger partial charge in [-0.05, 0) is 79.9 Å². The molecule has 3 aliphatic heterocycles. The third-order valence-electron chi connectivity index (χ3n) is 12.8. The first kappa shape index (κ1) is 48.7. The van der Waals surface area contributed by atoms with Gasteiger partial charge in [-0.25, -0.2) is 4.68 Å². The first-order chi connectivity index (χ1) is 33.5. The van der Waals surface area contributed by atoms with Gasteiger partial charge in [-0.1, -0.05) is 73.2 Å². The van der Waals surface area contributed by atoms with Crippen molar-refractivity contribution in [3.05, 3.63) is 118 Å². The molecule has 5 heterocycles. The number of nitrogens with one attached hydrogen (secondary N) is 3. The predicted molar refractivity (Wildman–Crippen MR) is 266 cm³/mol. The van der Waals surface area contributed by atoms with Crippen molar-refractivity contribution in [2.24, 2.45) is 0 Å². The number of piperidine rings is 1. The quantitative estimate of drug-likeness (QED) is 0.0625. The van der Waals surface area contributed by atoms with Crippen LogP contribution in [-0.2, 0) is 19.2 Å². The third-order valence-corrected chi connectivity index (χ3v) is 13.4. The molecule has 2 aromatic heterocycles. The molecule has 1 unspecified atom stereocenters. The molecule has 0 bridgehead atoms. The highest BCUT2D eigenvalue weighted by atomic mass is 35.5. The van der Waals surface area contributed by atoms with Crippen LogP contribution in [0.5, 0.6) is 0 Å². The zero-order valence-corrected chi connectivity index (χ0v) is 39.9. The lowest BCUT2D eigenvalue weighted by atomic mass is 10.1. The minimum atomic E-state index is -0.517. The van der Waals surface area contributed by atoms with Crippen LogP contribution in [0.1, 0.15) is 85.1 Å². The number of hydrogen-bond donors (Lipinski definition) is 3. The number of benzene rings is 3. The number of carbonyl (C=O) groups excluding carboxylic acids is 6. The van der Waals surface area contributed by atoms with E-state index in [1.165, 1.54) is 10.7 Å². The molecule has 69 heavy (non-hydrogen) atoms. The Bertz CT molecular complexity index is 2630. The number of amides is 6. The van der Waals surface area contributed by atoms with E-state index in [1.807, 2.05) is 70.5 Å². The summed E-state index contributed by atoms with van der Waals surface area (Å²) >= 11 is 13.0. The lowest BCUT2D eigenvalue weighted by Crippen LogP contribution is -2.50. The maximum atomic E-state index is 13.8. The van der Waals surface area contributed by atoms with Gasteiger partial charge >= 0.3 is 0 Å². The van der Waals surface area contributed by atoms with Crippen molar-refractivity contribution in [3.63, 3.8) is 0 Å². The van der Waals surface area contributed by atoms with E-state index in [-0.39, 0.29) is 51.6 Å². The number of rotatable bonds is 17. The number of carbonyl (C=O) groups is 6. The fraction of sp³-hybridized carbons (Fsp3) is 0.373. The van der Waals surface area contributed by atoms with Gasteiger partial charge in [0.1, 0.15) is 11.9 Å². The smallest absolute Gasteiger partial charge is 0.274 e. The van der Waals surface area contributed by atoms with Crippen molar-refractivity contribution in [1.29, 1.82) is 0 Å². The molecule has 16 nitrogen and oxygen atoms in total. The lowest BCUT2D eigenvalue weighted by Gasteiger charge is -2.36. The molecule has 1 atom stereocenters. The summed E-state index contributed by atoms with van der Waals surface area (Å²) in [4.78, 5) is 89.3. The Morgan fingerprint density at radius 1 is 0.667 bits per heavy atom. The number of para-hydroxylation sites is 1. The molecule has 8 rings (SSSR count). The molecule has 3 aromatic carbocycles. The zero-order valence-electron chi connectivity index (χ0n) is 38.4. The van der Waals surface area contributed by atoms with Crippen molar-refractivity contribution < 1.29 is 28.8 Å². The third kappa shape index (κ3) is 12.5. The van der Waals surface area contributed by atoms with Crippen LogP contribution in [0.4, 0.5) is 17.2 Å². The Morgan fingerprint density at radius 3 is 1.93 bits per heavy atom. The first-order valence-corrected chi connectivity index (χ1v) is 24.4. The summed E-state index contributed by atoms with van der Waals surface area (Å²) in [5.74, 6) is -0.804. The Hall–Kier alpha value is -6.78. The second-order valence-electron chi connectivity index (χ2n) is 17.5. The van der Waals surface area contributed by atoms with Gasteiger partial charge in [0.2, 0.25) is 23.6 Å². The largest absolute Gasteiger partial charge is 0.374 e. The number of aromatic nitrogens is 3. The van der Waals surface area contributed by atoms with Gasteiger partial charge in [-0.15, -0.1) is 0 Å². The van der Waals surface area contributed by atoms with Gasteiger partial charge in [0.15, 0.2) is 5.69 Å². The highest BCUT2D eigenvalue weighted by Gasteiger charge is 2.29. The number of halogens is 2. The molecular weight excluding hydrogens is 920 g/mol. The molecule has 3 N–H and O–H groups in total. The Kier molecular flexibility index (Phi) is 16.2. The number of anilines is 3. The van der Waals surface area contributed by atoms with Crippen LogP contribution >= 0.6 is 23.2 Å². The van der Waals surface area contributed by atoms with Crippen LogP contribution in [-0.4, -0.2) is 123 Å². The highest BCUT2D eigenvalue weighted by molar-refractivity contribution is 6.38. The van der Waals surface area contributed by atoms with Gasteiger partial charge in [0.25, 0.3) is 11.8 Å². The number of hydrogen-bond acceptors (Lipinski definition) is 10. The minimum Gasteiger partial charge on any atom is -0.374 e. The van der Waals surface area contributed by atoms with Gasteiger partial charge in [-0.2, -0.15) is 5.10 Å². The fourth-order valence-electron chi connectivity index (χ4n) is 8.88. The van der Waals surface area contributed by atoms with E-state index < -0.39 is 11.9 Å². The van der Waals surface area contributed by atoms with Gasteiger partial charge in [-0.3, -0.25) is 39.1 Å². The van der Waals surface area contributed by atoms with Gasteiger partial charge in [0, 0.05) is 101 Å². The van der Waals surface area contributed by atoms with Crippen molar-refractivity contribution in [2.75, 3.05) is 67.9 Å². The minimum absolute atomic E-state index is 0.0806. The van der Waals surface area contributed by atoms with Crippen LogP contribution in [0.2, 0.25) is 10.0 Å². The monoisotopic (exact) mass is 974 g/mol. The van der Waals surface area contributed by atoms with Crippen LogP contribution in [0, 0.1) is 0 Å². The van der Waals surface area contributed by atoms with E-state index in [4.69, 9.17) is 23.2 Å². The number of unbranched alkanes of at least 4 members (excludes halogenated alkanes) is 5. The number of imide groups is 1. The average molecular weight is 976 g/mol. The summed E-state index contributed by atoms with van der Waals surface area (Å²) in [5.41, 5.74) is 3.98. The summed E-state index contributed by atoms with van der Waals surface area (Å²) in [6.45, 7) is 4.41. The summed E-state index contributed by atoms with van der Waals surface area (Å²) in [7, 11) is 0. The van der Waals surface area contributed by atoms with E-state index in [9.17, 15) is 28.8 Å². The zero-order chi connectivity index (χ0) is 48.3. The fourth-order valence-corrected chi connectivity index (χ4v) is 9.44. The average Bonchev–Trinajstić information content (AvgIpc) is 3.79. The van der Waals surface area contributed by atoms with E-state index in [0.29, 0.717) is 86.9 Å². The van der Waals surface area contributed by atoms with E-state index >= 15 is 0 Å². The normalized spacial score (nSPS) is 16.3. The van der Waals surface area contributed by atoms with Crippen molar-refractivity contribution in [1.82, 2.24) is 34.8 Å². The Morgan fingerprint density at radius 2 is 1.29 bits per heavy atom. The molecule has 0 aliphatic carbocycles. The molecule has 0 saturated carbocycles. The van der Waals surface area contributed by atoms with Crippen molar-refractivity contribution in [3.8, 4) is 16.9 Å². The number of piperazine rings is 2. The summed E-state index contributed by atoms with van der Waals surface area (Å²) in [6.07, 6.45) is 8.98. The summed E-state index contributed by atoms with van der Waals surface area (Å²) in [5, 5.41) is 13.6. The van der Waals surface area contributed by atoms with Gasteiger partial charge < -0.3 is 30.2 Å². The summed E-state index contributed by atoms with van der Waals surface area (Å²) < 4.78 is 1.51. The Labute approximate surface area is 411 Å². The number of nitrogens with zero attached hydrogens (tertiary/aromatic N) is 7. The Balaban J connectivity index is 0.721. The van der Waals surface area contributed by atoms with E-state index in [1.54, 1.807) is 35.4 Å². The van der Waals surface area contributed by atoms with Crippen molar-refractivity contribution >= 4 is 75.8 Å². The summed E-state index contributed by atoms with van der Waals surface area (Å²) in [6, 6.07) is 26.7. The van der Waals surface area contributed by atoms with E-state index in [0.717, 1.165) is 63.0 Å². The number of pyridine rings is 1.